The highest BCUT2D eigenvalue weighted by Gasteiger charge is 2.31. The van der Waals surface area contributed by atoms with Crippen LogP contribution in [0.2, 0.25) is 0 Å². The van der Waals surface area contributed by atoms with Crippen molar-refractivity contribution in [3.05, 3.63) is 53.8 Å². The molecule has 2 rings (SSSR count). The number of fused-ring (bicyclic) bond motifs is 1. The number of hydrogen-bond acceptors (Lipinski definition) is 3. The van der Waals surface area contributed by atoms with Gasteiger partial charge in [0, 0.05) is 32.9 Å². The number of hydrogen-bond donors (Lipinski definition) is 0. The van der Waals surface area contributed by atoms with Crippen LogP contribution in [0.4, 0.5) is 13.2 Å². The maximum Gasteiger partial charge on any atom is 0.417 e. The molecule has 30 heavy (non-hydrogen) atoms. The SMILES string of the molecule is C=C/C(=C\N=C(C)N(CC)CCN(C)S(=O)(=O)c1ccc2c(c1)CCC2)C(F)(F)F. The predicted molar refractivity (Wildman–Crippen MR) is 113 cm³/mol. The number of aryl methyl sites for hydroxylation is 2. The van der Waals surface area contributed by atoms with E-state index in [-0.39, 0.29) is 11.4 Å². The number of amidine groups is 1. The molecule has 0 aliphatic heterocycles. The van der Waals surface area contributed by atoms with Gasteiger partial charge in [0.25, 0.3) is 0 Å². The smallest absolute Gasteiger partial charge is 0.359 e. The summed E-state index contributed by atoms with van der Waals surface area (Å²) < 4.78 is 65.4. The van der Waals surface area contributed by atoms with E-state index in [1.54, 1.807) is 24.0 Å². The third-order valence-corrected chi connectivity index (χ3v) is 7.09. The Hall–Kier alpha value is -2.13. The number of nitrogens with zero attached hydrogens (tertiary/aromatic N) is 3. The van der Waals surface area contributed by atoms with Crippen molar-refractivity contribution in [3.8, 4) is 0 Å². The van der Waals surface area contributed by atoms with E-state index in [0.29, 0.717) is 25.0 Å². The lowest BCUT2D eigenvalue weighted by molar-refractivity contribution is -0.0883. The summed E-state index contributed by atoms with van der Waals surface area (Å²) in [6, 6.07) is 5.26. The predicted octanol–water partition coefficient (Wildman–Crippen LogP) is 4.17. The van der Waals surface area contributed by atoms with Gasteiger partial charge in [-0.05, 0) is 56.4 Å². The first-order chi connectivity index (χ1) is 14.0. The lowest BCUT2D eigenvalue weighted by Crippen LogP contribution is -2.38. The third kappa shape index (κ3) is 5.72. The lowest BCUT2D eigenvalue weighted by atomic mass is 10.1. The van der Waals surface area contributed by atoms with Crippen LogP contribution in [-0.2, 0) is 22.9 Å². The van der Waals surface area contributed by atoms with Crippen molar-refractivity contribution in [2.45, 2.75) is 44.2 Å². The molecule has 0 saturated carbocycles. The van der Waals surface area contributed by atoms with E-state index in [9.17, 15) is 21.6 Å². The van der Waals surface area contributed by atoms with Crippen molar-refractivity contribution in [1.29, 1.82) is 0 Å². The highest BCUT2D eigenvalue weighted by Crippen LogP contribution is 2.27. The van der Waals surface area contributed by atoms with Crippen LogP contribution in [0.3, 0.4) is 0 Å². The minimum atomic E-state index is -4.52. The van der Waals surface area contributed by atoms with Gasteiger partial charge in [-0.3, -0.25) is 0 Å². The number of allylic oxidation sites excluding steroid dienone is 2. The van der Waals surface area contributed by atoms with Crippen molar-refractivity contribution >= 4 is 15.9 Å². The van der Waals surface area contributed by atoms with Crippen LogP contribution in [0.5, 0.6) is 0 Å². The number of likely N-dealkylation sites (N-methyl/N-ethyl adjacent to an activating group) is 2. The topological polar surface area (TPSA) is 53.0 Å². The van der Waals surface area contributed by atoms with Gasteiger partial charge in [-0.2, -0.15) is 17.5 Å². The fraction of sp³-hybridized carbons (Fsp3) is 0.476. The van der Waals surface area contributed by atoms with Gasteiger partial charge in [0.1, 0.15) is 5.84 Å². The number of rotatable bonds is 8. The van der Waals surface area contributed by atoms with E-state index < -0.39 is 21.8 Å². The zero-order chi connectivity index (χ0) is 22.5. The number of benzene rings is 1. The van der Waals surface area contributed by atoms with Crippen LogP contribution < -0.4 is 0 Å². The molecule has 0 bridgehead atoms. The Morgan fingerprint density at radius 2 is 1.90 bits per heavy atom. The molecule has 0 aromatic heterocycles. The second-order valence-electron chi connectivity index (χ2n) is 7.15. The van der Waals surface area contributed by atoms with Gasteiger partial charge in [-0.15, -0.1) is 0 Å². The second-order valence-corrected chi connectivity index (χ2v) is 9.20. The number of alkyl halides is 3. The van der Waals surface area contributed by atoms with Crippen LogP contribution in [0.15, 0.2) is 52.5 Å². The van der Waals surface area contributed by atoms with Gasteiger partial charge in [0.2, 0.25) is 10.0 Å². The fourth-order valence-corrected chi connectivity index (χ4v) is 4.52. The summed E-state index contributed by atoms with van der Waals surface area (Å²) >= 11 is 0. The number of sulfonamides is 1. The summed E-state index contributed by atoms with van der Waals surface area (Å²) in [5.41, 5.74) is 1.35. The minimum absolute atomic E-state index is 0.178. The lowest BCUT2D eigenvalue weighted by Gasteiger charge is -2.25. The molecule has 0 N–H and O–H groups in total. The molecule has 9 heteroatoms. The fourth-order valence-electron chi connectivity index (χ4n) is 3.31. The summed E-state index contributed by atoms with van der Waals surface area (Å²) in [4.78, 5) is 5.88. The van der Waals surface area contributed by atoms with E-state index in [1.165, 1.54) is 16.9 Å². The molecule has 166 valence electrons. The van der Waals surface area contributed by atoms with E-state index in [1.807, 2.05) is 13.0 Å². The average molecular weight is 444 g/mol. The second kappa shape index (κ2) is 9.78. The Balaban J connectivity index is 2.08. The first-order valence-corrected chi connectivity index (χ1v) is 11.2. The molecule has 0 saturated heterocycles. The Morgan fingerprint density at radius 3 is 2.50 bits per heavy atom. The molecule has 1 aromatic carbocycles. The van der Waals surface area contributed by atoms with Crippen molar-refractivity contribution in [2.75, 3.05) is 26.7 Å². The molecule has 5 nitrogen and oxygen atoms in total. The van der Waals surface area contributed by atoms with Crippen molar-refractivity contribution in [1.82, 2.24) is 9.21 Å². The standard InChI is InChI=1S/C21H28F3N3O2S/c1-5-19(21(22,23)24)15-25-16(3)27(6-2)13-12-26(4)30(28,29)20-11-10-17-8-7-9-18(17)14-20/h5,10-11,14-15H,1,6-9,12-13H2,2-4H3/b19-15+,25-16?. The molecule has 1 aliphatic rings. The average Bonchev–Trinajstić information content (AvgIpc) is 3.15. The first-order valence-electron chi connectivity index (χ1n) is 9.78. The maximum atomic E-state index is 12.9. The molecule has 0 radical (unpaired) electrons. The van der Waals surface area contributed by atoms with Gasteiger partial charge in [-0.1, -0.05) is 18.7 Å². The highest BCUT2D eigenvalue weighted by molar-refractivity contribution is 7.89. The van der Waals surface area contributed by atoms with E-state index in [4.69, 9.17) is 0 Å². The summed E-state index contributed by atoms with van der Waals surface area (Å²) in [7, 11) is -2.14. The molecule has 0 atom stereocenters. The molecule has 1 aromatic rings. The summed E-state index contributed by atoms with van der Waals surface area (Å²) in [5, 5.41) is 0. The van der Waals surface area contributed by atoms with Gasteiger partial charge in [0.15, 0.2) is 0 Å². The largest absolute Gasteiger partial charge is 0.417 e. The van der Waals surface area contributed by atoms with E-state index in [2.05, 4.69) is 11.6 Å². The monoisotopic (exact) mass is 443 g/mol. The quantitative estimate of drug-likeness (QED) is 0.344. The van der Waals surface area contributed by atoms with Crippen LogP contribution in [0.1, 0.15) is 31.4 Å². The molecule has 1 aliphatic carbocycles. The summed E-state index contributed by atoms with van der Waals surface area (Å²) in [6.07, 6.45) is -0.173. The van der Waals surface area contributed by atoms with Crippen LogP contribution in [0, 0.1) is 0 Å². The highest BCUT2D eigenvalue weighted by atomic mass is 32.2. The summed E-state index contributed by atoms with van der Waals surface area (Å²) in [5.74, 6) is 0.365. The summed E-state index contributed by atoms with van der Waals surface area (Å²) in [6.45, 7) is 7.54. The zero-order valence-electron chi connectivity index (χ0n) is 17.5. The van der Waals surface area contributed by atoms with Crippen molar-refractivity contribution < 1.29 is 21.6 Å². The van der Waals surface area contributed by atoms with E-state index >= 15 is 0 Å². The molecule has 0 unspecified atom stereocenters. The maximum absolute atomic E-state index is 12.9. The van der Waals surface area contributed by atoms with Crippen LogP contribution >= 0.6 is 0 Å². The van der Waals surface area contributed by atoms with Crippen molar-refractivity contribution in [3.63, 3.8) is 0 Å². The Morgan fingerprint density at radius 1 is 1.23 bits per heavy atom. The van der Waals surface area contributed by atoms with Crippen LogP contribution in [-0.4, -0.2) is 56.3 Å². The molecule has 0 fully saturated rings. The molecule has 0 amide bonds. The van der Waals surface area contributed by atoms with Crippen molar-refractivity contribution in [2.24, 2.45) is 4.99 Å². The first kappa shape index (κ1) is 24.1. The van der Waals surface area contributed by atoms with Gasteiger partial charge in [0.05, 0.1) is 10.5 Å². The molecular formula is C21H28F3N3O2S. The van der Waals surface area contributed by atoms with Gasteiger partial charge >= 0.3 is 6.18 Å². The van der Waals surface area contributed by atoms with Crippen LogP contribution in [0.25, 0.3) is 0 Å². The van der Waals surface area contributed by atoms with Gasteiger partial charge in [-0.25, -0.2) is 13.4 Å². The van der Waals surface area contributed by atoms with E-state index in [0.717, 1.165) is 31.0 Å². The zero-order valence-corrected chi connectivity index (χ0v) is 18.4. The minimum Gasteiger partial charge on any atom is -0.359 e. The molecule has 0 heterocycles. The Bertz CT molecular complexity index is 937. The number of halogens is 3. The molecule has 0 spiro atoms. The number of aliphatic imine (C=N–C) groups is 1. The van der Waals surface area contributed by atoms with Gasteiger partial charge < -0.3 is 4.90 Å². The Labute approximate surface area is 176 Å². The third-order valence-electron chi connectivity index (χ3n) is 5.24. The molecular weight excluding hydrogens is 415 g/mol. The Kier molecular flexibility index (Phi) is 7.87. The normalized spacial score (nSPS) is 15.4.